The summed E-state index contributed by atoms with van der Waals surface area (Å²) in [6, 6.07) is 19.2. The van der Waals surface area contributed by atoms with Crippen LogP contribution < -0.4 is 5.32 Å². The van der Waals surface area contributed by atoms with Gasteiger partial charge in [0.15, 0.2) is 5.17 Å². The molecule has 4 aromatic rings. The molecule has 2 saturated heterocycles. The number of carbonyl (C=O) groups excluding carboxylic acids is 3. The van der Waals surface area contributed by atoms with Gasteiger partial charge in [-0.05, 0) is 48.2 Å². The molecule has 0 radical (unpaired) electrons. The molecule has 13 heteroatoms. The van der Waals surface area contributed by atoms with Crippen LogP contribution in [0.4, 0.5) is 20.6 Å². The molecule has 4 heterocycles. The summed E-state index contributed by atoms with van der Waals surface area (Å²) in [5.41, 5.74) is 2.94. The summed E-state index contributed by atoms with van der Waals surface area (Å²) < 4.78 is 19.2. The number of amides is 3. The van der Waals surface area contributed by atoms with Gasteiger partial charge < -0.3 is 10.1 Å². The second-order valence-corrected chi connectivity index (χ2v) is 11.4. The van der Waals surface area contributed by atoms with E-state index in [1.54, 1.807) is 48.8 Å². The van der Waals surface area contributed by atoms with Crippen LogP contribution in [0, 0.1) is 5.95 Å². The lowest BCUT2D eigenvalue weighted by Crippen LogP contribution is -2.43. The lowest BCUT2D eigenvalue weighted by Gasteiger charge is -2.23. The number of nitrogens with one attached hydrogen (secondary N) is 1. The third kappa shape index (κ3) is 7.15. The minimum Gasteiger partial charge on any atom is -0.445 e. The molecule has 45 heavy (non-hydrogen) atoms. The Morgan fingerprint density at radius 3 is 2.60 bits per heavy atom. The zero-order valence-corrected chi connectivity index (χ0v) is 24.8. The molecule has 0 saturated carbocycles. The van der Waals surface area contributed by atoms with Crippen molar-refractivity contribution in [2.75, 3.05) is 11.9 Å². The van der Waals surface area contributed by atoms with Crippen molar-refractivity contribution >= 4 is 46.2 Å². The van der Waals surface area contributed by atoms with Crippen molar-refractivity contribution in [3.8, 4) is 0 Å². The van der Waals surface area contributed by atoms with E-state index < -0.39 is 23.3 Å². The van der Waals surface area contributed by atoms with Crippen LogP contribution in [0.15, 0.2) is 96.5 Å². The zero-order chi connectivity index (χ0) is 31.2. The molecule has 2 aliphatic heterocycles. The second kappa shape index (κ2) is 13.6. The van der Waals surface area contributed by atoms with E-state index in [1.165, 1.54) is 27.8 Å². The Balaban J connectivity index is 1.13. The monoisotopic (exact) mass is 625 g/mol. The fraction of sp³-hybridized carbons (Fsp3) is 0.219. The second-order valence-electron chi connectivity index (χ2n) is 10.4. The molecule has 0 bridgehead atoms. The van der Waals surface area contributed by atoms with Crippen LogP contribution in [-0.2, 0) is 27.5 Å². The van der Waals surface area contributed by atoms with Gasteiger partial charge in [-0.25, -0.2) is 14.8 Å². The maximum atomic E-state index is 13.7. The molecular formula is C32H28FN7O4S. The average molecular weight is 626 g/mol. The van der Waals surface area contributed by atoms with Crippen molar-refractivity contribution in [3.63, 3.8) is 0 Å². The van der Waals surface area contributed by atoms with Crippen molar-refractivity contribution in [2.45, 2.75) is 37.3 Å². The van der Waals surface area contributed by atoms with Crippen LogP contribution in [0.25, 0.3) is 0 Å². The number of nitrogens with zero attached hydrogens (tertiary/aromatic N) is 6. The van der Waals surface area contributed by atoms with Crippen LogP contribution in [0.3, 0.4) is 0 Å². The fourth-order valence-electron chi connectivity index (χ4n) is 5.07. The molecule has 11 nitrogen and oxygen atoms in total. The first-order valence-corrected chi connectivity index (χ1v) is 15.1. The molecule has 2 aromatic heterocycles. The van der Waals surface area contributed by atoms with Gasteiger partial charge in [0.05, 0.1) is 36.5 Å². The number of anilines is 1. The molecule has 0 aliphatic carbocycles. The van der Waals surface area contributed by atoms with E-state index in [2.05, 4.69) is 25.3 Å². The number of pyridine rings is 1. The number of hydrogen-bond donors (Lipinski definition) is 1. The molecule has 2 aliphatic rings. The largest absolute Gasteiger partial charge is 0.445 e. The number of likely N-dealkylation sites (tertiary alicyclic amines) is 1. The molecule has 1 N–H and O–H groups in total. The van der Waals surface area contributed by atoms with Gasteiger partial charge in [-0.15, -0.1) is 0 Å². The first-order valence-electron chi connectivity index (χ1n) is 14.3. The lowest BCUT2D eigenvalue weighted by atomic mass is 10.1. The molecule has 2 aromatic carbocycles. The van der Waals surface area contributed by atoms with E-state index in [0.717, 1.165) is 11.8 Å². The summed E-state index contributed by atoms with van der Waals surface area (Å²) in [7, 11) is 0. The highest BCUT2D eigenvalue weighted by Crippen LogP contribution is 2.41. The molecule has 0 spiro atoms. The van der Waals surface area contributed by atoms with Gasteiger partial charge in [-0.1, -0.05) is 54.2 Å². The summed E-state index contributed by atoms with van der Waals surface area (Å²) in [6.07, 6.45) is 6.31. The standard InChI is InChI=1S/C32H28FN7O4S/c33-27-18-35-17-25(36-27)19-40-30(42)28(45-31(40)38-24-8-4-14-34-16-24)22-10-12-23(13-11-22)37-29(41)26-9-5-15-39(26)32(43)44-20-21-6-2-1-3-7-21/h1-4,6-8,10-14,16-18,26,28H,5,9,15,19-20H2,(H,37,41)/t26-,28?/m0/s1. The third-order valence-corrected chi connectivity index (χ3v) is 8.50. The van der Waals surface area contributed by atoms with Crippen LogP contribution in [-0.4, -0.2) is 60.4 Å². The summed E-state index contributed by atoms with van der Waals surface area (Å²) >= 11 is 1.26. The van der Waals surface area contributed by atoms with Crippen molar-refractivity contribution in [2.24, 2.45) is 4.99 Å². The number of benzene rings is 2. The normalized spacial score (nSPS) is 18.8. The number of ether oxygens (including phenoxy) is 1. The lowest BCUT2D eigenvalue weighted by molar-refractivity contribution is -0.126. The van der Waals surface area contributed by atoms with Gasteiger partial charge in [0.2, 0.25) is 17.8 Å². The topological polar surface area (TPSA) is 130 Å². The first kappa shape index (κ1) is 29.9. The van der Waals surface area contributed by atoms with Crippen molar-refractivity contribution in [1.82, 2.24) is 24.8 Å². The Kier molecular flexibility index (Phi) is 9.06. The Hall–Kier alpha value is -5.17. The van der Waals surface area contributed by atoms with Crippen LogP contribution in [0.5, 0.6) is 0 Å². The van der Waals surface area contributed by atoms with E-state index in [4.69, 9.17) is 4.74 Å². The minimum atomic E-state index is -0.739. The highest BCUT2D eigenvalue weighted by Gasteiger charge is 2.40. The molecular weight excluding hydrogens is 597 g/mol. The molecule has 2 atom stereocenters. The van der Waals surface area contributed by atoms with Gasteiger partial charge >= 0.3 is 6.09 Å². The fourth-order valence-corrected chi connectivity index (χ4v) is 6.25. The number of thioether (sulfide) groups is 1. The number of hydrogen-bond acceptors (Lipinski definition) is 9. The van der Waals surface area contributed by atoms with Gasteiger partial charge in [0.25, 0.3) is 0 Å². The summed E-state index contributed by atoms with van der Waals surface area (Å²) in [4.78, 5) is 58.9. The van der Waals surface area contributed by atoms with Gasteiger partial charge in [0.1, 0.15) is 17.9 Å². The maximum absolute atomic E-state index is 13.7. The van der Waals surface area contributed by atoms with Gasteiger partial charge in [-0.2, -0.15) is 4.39 Å². The summed E-state index contributed by atoms with van der Waals surface area (Å²) in [5, 5.41) is 2.68. The highest BCUT2D eigenvalue weighted by atomic mass is 32.2. The van der Waals surface area contributed by atoms with Crippen LogP contribution >= 0.6 is 11.8 Å². The van der Waals surface area contributed by atoms with E-state index in [1.807, 2.05) is 30.3 Å². The maximum Gasteiger partial charge on any atom is 0.410 e. The molecule has 3 amide bonds. The Morgan fingerprint density at radius 2 is 1.84 bits per heavy atom. The van der Waals surface area contributed by atoms with Crippen LogP contribution in [0.2, 0.25) is 0 Å². The van der Waals surface area contributed by atoms with Crippen molar-refractivity contribution < 1.29 is 23.5 Å². The number of amidine groups is 1. The molecule has 2 fully saturated rings. The molecule has 1 unspecified atom stereocenters. The number of rotatable bonds is 8. The Bertz CT molecular complexity index is 1710. The average Bonchev–Trinajstić information content (AvgIpc) is 3.67. The predicted octanol–water partition coefficient (Wildman–Crippen LogP) is 5.25. The van der Waals surface area contributed by atoms with Gasteiger partial charge in [0, 0.05) is 18.4 Å². The predicted molar refractivity (Wildman–Crippen MR) is 166 cm³/mol. The van der Waals surface area contributed by atoms with Crippen molar-refractivity contribution in [1.29, 1.82) is 0 Å². The first-order chi connectivity index (χ1) is 21.9. The quantitative estimate of drug-likeness (QED) is 0.281. The van der Waals surface area contributed by atoms with E-state index >= 15 is 0 Å². The number of aliphatic imine (C=N–C) groups is 1. The third-order valence-electron chi connectivity index (χ3n) is 7.27. The zero-order valence-electron chi connectivity index (χ0n) is 24.0. The van der Waals surface area contributed by atoms with E-state index in [0.29, 0.717) is 41.5 Å². The molecule has 6 rings (SSSR count). The number of carbonyl (C=O) groups is 3. The number of aromatic nitrogens is 3. The molecule has 228 valence electrons. The Labute approximate surface area is 262 Å². The summed E-state index contributed by atoms with van der Waals surface area (Å²) in [6.45, 7) is 0.559. The smallest absolute Gasteiger partial charge is 0.410 e. The number of halogens is 1. The van der Waals surface area contributed by atoms with E-state index in [9.17, 15) is 18.8 Å². The summed E-state index contributed by atoms with van der Waals surface area (Å²) in [5.74, 6) is -1.30. The van der Waals surface area contributed by atoms with Crippen molar-refractivity contribution in [3.05, 3.63) is 114 Å². The minimum absolute atomic E-state index is 0.00794. The Morgan fingerprint density at radius 1 is 1.02 bits per heavy atom. The van der Waals surface area contributed by atoms with E-state index in [-0.39, 0.29) is 30.7 Å². The van der Waals surface area contributed by atoms with Crippen LogP contribution in [0.1, 0.15) is 34.9 Å². The van der Waals surface area contributed by atoms with Gasteiger partial charge in [-0.3, -0.25) is 29.4 Å². The SMILES string of the molecule is O=C(Nc1ccc(C2SC(=Nc3cccnc3)N(Cc3cncc(F)n3)C2=O)cc1)[C@@H]1CCCN1C(=O)OCc1ccccc1. The highest BCUT2D eigenvalue weighted by molar-refractivity contribution is 8.15.